The molecule has 3 nitrogen and oxygen atoms in total. The molecule has 0 unspecified atom stereocenters. The summed E-state index contributed by atoms with van der Waals surface area (Å²) in [6.07, 6.45) is 17.1. The molecule has 23 heavy (non-hydrogen) atoms. The minimum Gasteiger partial charge on any atom is -0.489 e. The zero-order valence-electron chi connectivity index (χ0n) is 13.6. The van der Waals surface area contributed by atoms with Crippen LogP contribution in [0.2, 0.25) is 0 Å². The number of primary amides is 1. The van der Waals surface area contributed by atoms with Crippen LogP contribution in [0.5, 0.6) is 0 Å². The molecule has 0 aromatic rings. The zero-order chi connectivity index (χ0) is 16.7. The molecule has 0 radical (unpaired) electrons. The summed E-state index contributed by atoms with van der Waals surface area (Å²) in [4.78, 5) is 9.22. The Hall–Kier alpha value is -2.10. The van der Waals surface area contributed by atoms with Crippen molar-refractivity contribution >= 4 is 5.91 Å². The molecule has 1 amide bonds. The average molecular weight is 317 g/mol. The Labute approximate surface area is 137 Å². The van der Waals surface area contributed by atoms with E-state index in [0.29, 0.717) is 13.0 Å². The number of halogens is 1. The Bertz CT molecular complexity index is 588. The molecule has 1 saturated carbocycles. The Kier molecular flexibility index (Phi) is 6.39. The van der Waals surface area contributed by atoms with Gasteiger partial charge in [-0.05, 0) is 61.0 Å². The third kappa shape index (κ3) is 6.68. The monoisotopic (exact) mass is 317 g/mol. The van der Waals surface area contributed by atoms with Gasteiger partial charge in [0.1, 0.15) is 18.2 Å². The smallest absolute Gasteiger partial charge is 0.214 e. The summed E-state index contributed by atoms with van der Waals surface area (Å²) in [5.74, 6) is 1.30. The number of hydrogen-bond donors (Lipinski definition) is 1. The van der Waals surface area contributed by atoms with Crippen molar-refractivity contribution in [3.63, 3.8) is 0 Å². The van der Waals surface area contributed by atoms with Crippen molar-refractivity contribution in [3.8, 4) is 0 Å². The summed E-state index contributed by atoms with van der Waals surface area (Å²) in [6.45, 7) is 1.77. The van der Waals surface area contributed by atoms with Crippen LogP contribution >= 0.6 is 0 Å². The Morgan fingerprint density at radius 2 is 2.04 bits per heavy atom. The maximum atomic E-state index is 13.1. The highest BCUT2D eigenvalue weighted by Gasteiger charge is 2.24. The molecule has 3 rings (SSSR count). The molecule has 3 aliphatic carbocycles. The molecule has 0 heterocycles. The van der Waals surface area contributed by atoms with Crippen molar-refractivity contribution in [3.05, 3.63) is 59.2 Å². The minimum absolute atomic E-state index is 0.0378. The Balaban J connectivity index is 0.000000433. The number of ether oxygens (including phenoxy) is 1. The quantitative estimate of drug-likeness (QED) is 0.843. The van der Waals surface area contributed by atoms with Gasteiger partial charge in [-0.25, -0.2) is 4.39 Å². The van der Waals surface area contributed by atoms with Gasteiger partial charge in [0.2, 0.25) is 5.91 Å². The van der Waals surface area contributed by atoms with Gasteiger partial charge >= 0.3 is 0 Å². The lowest BCUT2D eigenvalue weighted by Crippen LogP contribution is -2.01. The lowest BCUT2D eigenvalue weighted by Gasteiger charge is -2.11. The van der Waals surface area contributed by atoms with Crippen molar-refractivity contribution < 1.29 is 13.9 Å². The first kappa shape index (κ1) is 17.3. The van der Waals surface area contributed by atoms with E-state index in [-0.39, 0.29) is 11.7 Å². The molecular formula is C19H24FNO2. The predicted octanol–water partition coefficient (Wildman–Crippen LogP) is 4.25. The highest BCUT2D eigenvalue weighted by molar-refractivity contribution is 5.70. The van der Waals surface area contributed by atoms with Crippen LogP contribution in [0.15, 0.2) is 59.2 Å². The highest BCUT2D eigenvalue weighted by atomic mass is 19.1. The van der Waals surface area contributed by atoms with Crippen molar-refractivity contribution in [2.45, 2.75) is 39.0 Å². The largest absolute Gasteiger partial charge is 0.489 e. The van der Waals surface area contributed by atoms with Crippen LogP contribution in [-0.4, -0.2) is 12.5 Å². The van der Waals surface area contributed by atoms with E-state index < -0.39 is 0 Å². The van der Waals surface area contributed by atoms with E-state index in [1.807, 2.05) is 6.08 Å². The Morgan fingerprint density at radius 1 is 1.30 bits per heavy atom. The molecule has 1 fully saturated rings. The van der Waals surface area contributed by atoms with Gasteiger partial charge in [0, 0.05) is 13.3 Å². The van der Waals surface area contributed by atoms with Gasteiger partial charge in [0.15, 0.2) is 0 Å². The number of hydrogen-bond acceptors (Lipinski definition) is 2. The average Bonchev–Trinajstić information content (AvgIpc) is 3.31. The summed E-state index contributed by atoms with van der Waals surface area (Å²) in [7, 11) is 0. The Morgan fingerprint density at radius 3 is 2.70 bits per heavy atom. The number of carbonyl (C=O) groups is 1. The number of nitrogens with two attached hydrogens (primary N) is 1. The molecule has 0 aromatic carbocycles. The topological polar surface area (TPSA) is 52.3 Å². The van der Waals surface area contributed by atoms with Gasteiger partial charge in [0.05, 0.1) is 0 Å². The van der Waals surface area contributed by atoms with Crippen LogP contribution in [-0.2, 0) is 9.53 Å². The van der Waals surface area contributed by atoms with Crippen molar-refractivity contribution in [1.29, 1.82) is 0 Å². The third-order valence-electron chi connectivity index (χ3n) is 3.70. The summed E-state index contributed by atoms with van der Waals surface area (Å²) < 4.78 is 18.9. The molecule has 0 bridgehead atoms. The predicted molar refractivity (Wildman–Crippen MR) is 90.0 cm³/mol. The first-order valence-corrected chi connectivity index (χ1v) is 8.07. The zero-order valence-corrected chi connectivity index (χ0v) is 13.6. The second-order valence-corrected chi connectivity index (χ2v) is 5.96. The van der Waals surface area contributed by atoms with Crippen LogP contribution in [0.4, 0.5) is 4.39 Å². The fourth-order valence-electron chi connectivity index (χ4n) is 2.45. The summed E-state index contributed by atoms with van der Waals surface area (Å²) in [5, 5.41) is 0. The van der Waals surface area contributed by atoms with Gasteiger partial charge in [-0.15, -0.1) is 0 Å². The van der Waals surface area contributed by atoms with Gasteiger partial charge < -0.3 is 10.5 Å². The van der Waals surface area contributed by atoms with Gasteiger partial charge in [0.25, 0.3) is 0 Å². The van der Waals surface area contributed by atoms with E-state index in [1.165, 1.54) is 25.3 Å². The molecule has 124 valence electrons. The van der Waals surface area contributed by atoms with E-state index >= 15 is 0 Å². The minimum atomic E-state index is -0.333. The number of amides is 1. The number of carbonyl (C=O) groups excluding carboxylic acids is 1. The normalized spacial score (nSPS) is 20.1. The molecule has 2 N–H and O–H groups in total. The lowest BCUT2D eigenvalue weighted by atomic mass is 10.1. The van der Waals surface area contributed by atoms with Crippen LogP contribution < -0.4 is 5.73 Å². The molecule has 0 atom stereocenters. The van der Waals surface area contributed by atoms with Gasteiger partial charge in [-0.1, -0.05) is 18.2 Å². The SMILES string of the molecule is CC(N)=O.FC1=CC(COC2=CCC=C(C3CC3)C=C2)=CCC1. The van der Waals surface area contributed by atoms with Gasteiger partial charge in [-0.3, -0.25) is 4.79 Å². The molecule has 0 saturated heterocycles. The second-order valence-electron chi connectivity index (χ2n) is 5.96. The fourth-order valence-corrected chi connectivity index (χ4v) is 2.45. The second kappa shape index (κ2) is 8.51. The number of rotatable bonds is 4. The summed E-state index contributed by atoms with van der Waals surface area (Å²) in [5.41, 5.74) is 6.86. The van der Waals surface area contributed by atoms with E-state index in [1.54, 1.807) is 6.08 Å². The van der Waals surface area contributed by atoms with E-state index in [9.17, 15) is 9.18 Å². The maximum absolute atomic E-state index is 13.1. The van der Waals surface area contributed by atoms with E-state index in [2.05, 4.69) is 30.0 Å². The highest BCUT2D eigenvalue weighted by Crippen LogP contribution is 2.38. The van der Waals surface area contributed by atoms with Crippen LogP contribution in [0.3, 0.4) is 0 Å². The molecule has 4 heteroatoms. The standard InChI is InChI=1S/C17H19FO.C2H5NO/c18-16-5-1-3-13(11-16)12-19-17-6-2-4-14(9-10-17)15-7-8-15;1-2(3)4/h3-4,6,9-11,15H,1-2,5,7-8,12H2;1H3,(H2,3,4). The van der Waals surface area contributed by atoms with E-state index in [4.69, 9.17) is 4.74 Å². The van der Waals surface area contributed by atoms with Crippen molar-refractivity contribution in [1.82, 2.24) is 0 Å². The van der Waals surface area contributed by atoms with Crippen LogP contribution in [0.1, 0.15) is 39.0 Å². The van der Waals surface area contributed by atoms with Gasteiger partial charge in [-0.2, -0.15) is 0 Å². The van der Waals surface area contributed by atoms with Crippen molar-refractivity contribution in [2.24, 2.45) is 11.7 Å². The summed E-state index contributed by atoms with van der Waals surface area (Å²) >= 11 is 0. The fraction of sp³-hybridized carbons (Fsp3) is 0.421. The van der Waals surface area contributed by atoms with Crippen LogP contribution in [0, 0.1) is 5.92 Å². The molecule has 0 aliphatic heterocycles. The lowest BCUT2D eigenvalue weighted by molar-refractivity contribution is -0.115. The first-order chi connectivity index (χ1) is 11.0. The third-order valence-corrected chi connectivity index (χ3v) is 3.70. The number of allylic oxidation sites excluding steroid dienone is 7. The molecule has 0 aromatic heterocycles. The first-order valence-electron chi connectivity index (χ1n) is 8.07. The maximum Gasteiger partial charge on any atom is 0.214 e. The van der Waals surface area contributed by atoms with Crippen molar-refractivity contribution in [2.75, 3.05) is 6.61 Å². The molecule has 0 spiro atoms. The van der Waals surface area contributed by atoms with Crippen LogP contribution in [0.25, 0.3) is 0 Å². The molecular weight excluding hydrogens is 293 g/mol. The summed E-state index contributed by atoms with van der Waals surface area (Å²) in [6, 6.07) is 0. The molecule has 3 aliphatic rings. The van der Waals surface area contributed by atoms with E-state index in [0.717, 1.165) is 30.1 Å².